The van der Waals surface area contributed by atoms with Gasteiger partial charge in [0, 0.05) is 18.5 Å². The van der Waals surface area contributed by atoms with Gasteiger partial charge >= 0.3 is 0 Å². The summed E-state index contributed by atoms with van der Waals surface area (Å²) < 4.78 is 0. The zero-order valence-electron chi connectivity index (χ0n) is 18.2. The van der Waals surface area contributed by atoms with E-state index in [1.807, 2.05) is 6.08 Å². The zero-order chi connectivity index (χ0) is 21.0. The quantitative estimate of drug-likeness (QED) is 0.322. The van der Waals surface area contributed by atoms with Crippen LogP contribution in [-0.4, -0.2) is 18.0 Å². The fourth-order valence-electron chi connectivity index (χ4n) is 2.76. The minimum Gasteiger partial charge on any atom is -0.296 e. The highest BCUT2D eigenvalue weighted by Gasteiger charge is 2.03. The molecule has 1 heterocycles. The van der Waals surface area contributed by atoms with Crippen molar-refractivity contribution in [3.63, 3.8) is 0 Å². The molecule has 0 saturated carbocycles. The Kier molecular flexibility index (Phi) is 9.71. The maximum absolute atomic E-state index is 3.24. The number of thiophene rings is 1. The van der Waals surface area contributed by atoms with E-state index in [2.05, 4.69) is 116 Å². The first-order valence-corrected chi connectivity index (χ1v) is 11.2. The van der Waals surface area contributed by atoms with Gasteiger partial charge in [0.05, 0.1) is 0 Å². The Hall–Kier alpha value is -2.34. The second-order valence-corrected chi connectivity index (χ2v) is 8.90. The number of rotatable bonds is 9. The first-order valence-electron chi connectivity index (χ1n) is 10.3. The van der Waals surface area contributed by atoms with E-state index in [1.54, 1.807) is 11.3 Å². The molecule has 0 aliphatic carbocycles. The van der Waals surface area contributed by atoms with Crippen molar-refractivity contribution in [2.24, 2.45) is 5.41 Å². The van der Waals surface area contributed by atoms with E-state index in [0.717, 1.165) is 26.1 Å². The topological polar surface area (TPSA) is 3.24 Å². The number of hydrogen-bond acceptors (Lipinski definition) is 2. The van der Waals surface area contributed by atoms with Crippen molar-refractivity contribution in [2.75, 3.05) is 13.1 Å². The third-order valence-corrected chi connectivity index (χ3v) is 4.99. The highest BCUT2D eigenvalue weighted by Crippen LogP contribution is 2.11. The summed E-state index contributed by atoms with van der Waals surface area (Å²) >= 11 is 1.73. The summed E-state index contributed by atoms with van der Waals surface area (Å²) in [5.41, 5.74) is 4.04. The van der Waals surface area contributed by atoms with E-state index in [-0.39, 0.29) is 5.41 Å². The van der Waals surface area contributed by atoms with Gasteiger partial charge in [-0.3, -0.25) is 4.90 Å². The van der Waals surface area contributed by atoms with Crippen molar-refractivity contribution in [1.29, 1.82) is 0 Å². The summed E-state index contributed by atoms with van der Waals surface area (Å²) in [7, 11) is 0. The second-order valence-electron chi connectivity index (χ2n) is 8.12. The molecule has 2 aromatic rings. The minimum atomic E-state index is 0.0589. The smallest absolute Gasteiger partial charge is 0.0237 e. The van der Waals surface area contributed by atoms with Crippen LogP contribution in [0.4, 0.5) is 0 Å². The van der Waals surface area contributed by atoms with Gasteiger partial charge < -0.3 is 0 Å². The molecule has 0 aliphatic rings. The number of hydrogen-bond donors (Lipinski definition) is 0. The summed E-state index contributed by atoms with van der Waals surface area (Å²) in [5.74, 6) is 6.39. The molecule has 0 amide bonds. The van der Waals surface area contributed by atoms with Gasteiger partial charge in [-0.05, 0) is 73.3 Å². The van der Waals surface area contributed by atoms with Crippen molar-refractivity contribution >= 4 is 17.4 Å². The van der Waals surface area contributed by atoms with Crippen molar-refractivity contribution in [1.82, 2.24) is 4.90 Å². The van der Waals surface area contributed by atoms with Crippen LogP contribution < -0.4 is 0 Å². The molecule has 1 aromatic carbocycles. The Balaban J connectivity index is 1.85. The monoisotopic (exact) mass is 403 g/mol. The molecular weight excluding hydrogens is 370 g/mol. The van der Waals surface area contributed by atoms with Crippen molar-refractivity contribution in [2.45, 2.75) is 40.7 Å². The Bertz CT molecular complexity index is 867. The third kappa shape index (κ3) is 10.1. The maximum atomic E-state index is 3.24. The van der Waals surface area contributed by atoms with E-state index < -0.39 is 0 Å². The molecule has 152 valence electrons. The van der Waals surface area contributed by atoms with Crippen molar-refractivity contribution < 1.29 is 0 Å². The summed E-state index contributed by atoms with van der Waals surface area (Å²) in [6, 6.07) is 11.0. The summed E-state index contributed by atoms with van der Waals surface area (Å²) in [6.07, 6.45) is 13.7. The van der Waals surface area contributed by atoms with E-state index in [0.29, 0.717) is 0 Å². The largest absolute Gasteiger partial charge is 0.296 e. The molecule has 0 saturated heterocycles. The predicted molar refractivity (Wildman–Crippen MR) is 130 cm³/mol. The normalized spacial score (nSPS) is 12.3. The van der Waals surface area contributed by atoms with Gasteiger partial charge in [0.2, 0.25) is 0 Å². The first kappa shape index (κ1) is 22.9. The average molecular weight is 404 g/mol. The Labute approximate surface area is 181 Å². The van der Waals surface area contributed by atoms with E-state index in [9.17, 15) is 0 Å². The maximum Gasteiger partial charge on any atom is 0.0237 e. The number of allylic oxidation sites excluding steroid dienone is 4. The van der Waals surface area contributed by atoms with Crippen LogP contribution in [0.15, 0.2) is 71.5 Å². The van der Waals surface area contributed by atoms with Gasteiger partial charge in [0.25, 0.3) is 0 Å². The average Bonchev–Trinajstić information content (AvgIpc) is 3.19. The molecule has 0 unspecified atom stereocenters. The molecule has 29 heavy (non-hydrogen) atoms. The van der Waals surface area contributed by atoms with E-state index in [1.165, 1.54) is 16.7 Å². The van der Waals surface area contributed by atoms with Crippen LogP contribution in [0.5, 0.6) is 0 Å². The fraction of sp³-hybridized carbons (Fsp3) is 0.333. The molecule has 0 atom stereocenters. The molecule has 0 radical (unpaired) electrons. The van der Waals surface area contributed by atoms with Gasteiger partial charge in [-0.2, -0.15) is 11.3 Å². The van der Waals surface area contributed by atoms with Gasteiger partial charge in [-0.25, -0.2) is 0 Å². The Morgan fingerprint density at radius 3 is 2.62 bits per heavy atom. The van der Waals surface area contributed by atoms with Crippen LogP contribution in [0.2, 0.25) is 0 Å². The van der Waals surface area contributed by atoms with Crippen molar-refractivity contribution in [3.05, 3.63) is 88.2 Å². The first-order chi connectivity index (χ1) is 14.0. The van der Waals surface area contributed by atoms with E-state index in [4.69, 9.17) is 0 Å². The summed E-state index contributed by atoms with van der Waals surface area (Å²) in [6.45, 7) is 11.5. The molecule has 0 bridgehead atoms. The lowest BCUT2D eigenvalue weighted by Crippen LogP contribution is -2.22. The van der Waals surface area contributed by atoms with Crippen LogP contribution in [0.3, 0.4) is 0 Å². The molecule has 0 spiro atoms. The second kappa shape index (κ2) is 12.3. The molecule has 0 fully saturated rings. The number of nitrogens with zero attached hydrogens (tertiary/aromatic N) is 1. The molecule has 0 aliphatic heterocycles. The highest BCUT2D eigenvalue weighted by atomic mass is 32.1. The molecule has 1 aromatic heterocycles. The van der Waals surface area contributed by atoms with Crippen LogP contribution in [0.25, 0.3) is 6.08 Å². The van der Waals surface area contributed by atoms with Gasteiger partial charge in [-0.15, -0.1) is 0 Å². The Morgan fingerprint density at radius 2 is 1.90 bits per heavy atom. The predicted octanol–water partition coefficient (Wildman–Crippen LogP) is 6.99. The Morgan fingerprint density at radius 1 is 1.07 bits per heavy atom. The lowest BCUT2D eigenvalue weighted by molar-refractivity contribution is 0.311. The standard InChI is InChI=1S/C27H33NS/c1-5-28(19-11-7-10-18-27(2,3)4)22-26-16-12-15-24(21-26)13-8-6-9-14-25-17-20-29-23-25/h6-9,11-12,14-17,20-21,23H,5,13,19,22H2,1-4H3/b8-6+,11-7+,14-9+. The van der Waals surface area contributed by atoms with Crippen LogP contribution in [0, 0.1) is 17.3 Å². The lowest BCUT2D eigenvalue weighted by Gasteiger charge is -2.18. The molecule has 2 heteroatoms. The summed E-state index contributed by atoms with van der Waals surface area (Å²) in [5, 5.41) is 4.25. The molecule has 1 nitrogen and oxygen atoms in total. The van der Waals surface area contributed by atoms with E-state index >= 15 is 0 Å². The highest BCUT2D eigenvalue weighted by molar-refractivity contribution is 7.08. The van der Waals surface area contributed by atoms with Crippen LogP contribution in [-0.2, 0) is 13.0 Å². The summed E-state index contributed by atoms with van der Waals surface area (Å²) in [4.78, 5) is 2.42. The van der Waals surface area contributed by atoms with Crippen LogP contribution >= 0.6 is 11.3 Å². The van der Waals surface area contributed by atoms with Crippen molar-refractivity contribution in [3.8, 4) is 11.8 Å². The number of benzene rings is 1. The van der Waals surface area contributed by atoms with Gasteiger partial charge in [0.1, 0.15) is 0 Å². The third-order valence-electron chi connectivity index (χ3n) is 4.29. The SMILES string of the molecule is CCN(C/C=C/C#CC(C)(C)C)Cc1cccc(C/C=C/C=C/c2ccsc2)c1. The molecule has 2 rings (SSSR count). The van der Waals surface area contributed by atoms with Gasteiger partial charge in [-0.1, -0.05) is 73.4 Å². The fourth-order valence-corrected chi connectivity index (χ4v) is 3.39. The zero-order valence-corrected chi connectivity index (χ0v) is 19.0. The molecular formula is C27H33NS. The number of likely N-dealkylation sites (N-methyl/N-ethyl adjacent to an activating group) is 1. The van der Waals surface area contributed by atoms with Gasteiger partial charge in [0.15, 0.2) is 0 Å². The van der Waals surface area contributed by atoms with Crippen LogP contribution in [0.1, 0.15) is 44.4 Å². The molecule has 0 N–H and O–H groups in total. The lowest BCUT2D eigenvalue weighted by atomic mass is 9.98. The minimum absolute atomic E-state index is 0.0589.